The minimum atomic E-state index is -0.388. The third kappa shape index (κ3) is 2.02. The maximum absolute atomic E-state index is 11.3. The molecule has 1 aliphatic rings. The number of carbonyl (C=O) groups excluding carboxylic acids is 1. The largest absolute Gasteiger partial charge is 0.379 e. The van der Waals surface area contributed by atoms with Crippen molar-refractivity contribution in [1.29, 1.82) is 0 Å². The van der Waals surface area contributed by atoms with Crippen molar-refractivity contribution in [2.45, 2.75) is 38.5 Å². The molecule has 0 amide bonds. The Morgan fingerprint density at radius 1 is 1.29 bits per heavy atom. The number of benzene rings is 1. The van der Waals surface area contributed by atoms with E-state index < -0.39 is 0 Å². The van der Waals surface area contributed by atoms with Gasteiger partial charge in [-0.2, -0.15) is 0 Å². The maximum atomic E-state index is 11.3. The molecule has 0 aromatic heterocycles. The highest BCUT2D eigenvalue weighted by atomic mass is 16.5. The molecule has 17 heavy (non-hydrogen) atoms. The molecule has 1 heterocycles. The number of hydrogen-bond acceptors (Lipinski definition) is 2. The van der Waals surface area contributed by atoms with Crippen LogP contribution in [0.2, 0.25) is 0 Å². The van der Waals surface area contributed by atoms with Crippen LogP contribution in [0.15, 0.2) is 18.2 Å². The van der Waals surface area contributed by atoms with Gasteiger partial charge in [0.05, 0.1) is 18.6 Å². The summed E-state index contributed by atoms with van der Waals surface area (Å²) in [6, 6.07) is 6.41. The minimum Gasteiger partial charge on any atom is -0.379 e. The van der Waals surface area contributed by atoms with Crippen LogP contribution in [0.4, 0.5) is 0 Å². The van der Waals surface area contributed by atoms with Gasteiger partial charge in [0.25, 0.3) is 0 Å². The van der Waals surface area contributed by atoms with E-state index >= 15 is 0 Å². The number of ether oxygens (including phenoxy) is 1. The number of aldehydes is 1. The first kappa shape index (κ1) is 12.3. The molecule has 2 heteroatoms. The van der Waals surface area contributed by atoms with E-state index in [0.29, 0.717) is 13.2 Å². The second-order valence-electron chi connectivity index (χ2n) is 6.05. The summed E-state index contributed by atoms with van der Waals surface area (Å²) in [5.74, 6) is 0. The van der Waals surface area contributed by atoms with Crippen molar-refractivity contribution >= 4 is 6.29 Å². The first-order chi connectivity index (χ1) is 7.89. The van der Waals surface area contributed by atoms with Gasteiger partial charge in [0, 0.05) is 0 Å². The fraction of sp³-hybridized carbons (Fsp3) is 0.533. The van der Waals surface area contributed by atoms with E-state index in [1.165, 1.54) is 11.1 Å². The summed E-state index contributed by atoms with van der Waals surface area (Å²) in [4.78, 5) is 11.3. The Bertz CT molecular complexity index is 437. The average Bonchev–Trinajstić information content (AvgIpc) is 2.17. The highest BCUT2D eigenvalue weighted by Crippen LogP contribution is 2.34. The lowest BCUT2D eigenvalue weighted by Crippen LogP contribution is -2.48. The number of carbonyl (C=O) groups is 1. The molecule has 2 nitrogen and oxygen atoms in total. The fourth-order valence-electron chi connectivity index (χ4n) is 2.30. The van der Waals surface area contributed by atoms with E-state index in [2.05, 4.69) is 45.9 Å². The average molecular weight is 232 g/mol. The van der Waals surface area contributed by atoms with Crippen molar-refractivity contribution in [3.8, 4) is 0 Å². The predicted molar refractivity (Wildman–Crippen MR) is 68.4 cm³/mol. The van der Waals surface area contributed by atoms with E-state index in [1.54, 1.807) is 0 Å². The molecule has 1 fully saturated rings. The molecular weight excluding hydrogens is 212 g/mol. The Morgan fingerprint density at radius 3 is 2.29 bits per heavy atom. The third-order valence-corrected chi connectivity index (χ3v) is 3.57. The van der Waals surface area contributed by atoms with Crippen LogP contribution in [0.1, 0.15) is 37.5 Å². The fourth-order valence-corrected chi connectivity index (χ4v) is 2.30. The Kier molecular flexibility index (Phi) is 2.86. The van der Waals surface area contributed by atoms with Crippen molar-refractivity contribution in [3.05, 3.63) is 34.9 Å². The second-order valence-corrected chi connectivity index (χ2v) is 6.05. The van der Waals surface area contributed by atoms with Crippen LogP contribution in [0.3, 0.4) is 0 Å². The topological polar surface area (TPSA) is 26.3 Å². The van der Waals surface area contributed by atoms with Gasteiger partial charge in [-0.15, -0.1) is 0 Å². The molecule has 0 N–H and O–H groups in total. The van der Waals surface area contributed by atoms with Crippen LogP contribution in [0, 0.1) is 6.92 Å². The van der Waals surface area contributed by atoms with E-state index in [-0.39, 0.29) is 10.8 Å². The summed E-state index contributed by atoms with van der Waals surface area (Å²) >= 11 is 0. The molecule has 1 aromatic rings. The molecule has 1 aliphatic heterocycles. The summed E-state index contributed by atoms with van der Waals surface area (Å²) in [7, 11) is 0. The van der Waals surface area contributed by atoms with Gasteiger partial charge in [-0.3, -0.25) is 0 Å². The Labute approximate surface area is 103 Å². The van der Waals surface area contributed by atoms with Gasteiger partial charge < -0.3 is 9.53 Å². The summed E-state index contributed by atoms with van der Waals surface area (Å²) in [5.41, 5.74) is 3.37. The summed E-state index contributed by atoms with van der Waals surface area (Å²) < 4.78 is 5.20. The molecular formula is C15H20O2. The molecule has 0 saturated carbocycles. The summed E-state index contributed by atoms with van der Waals surface area (Å²) in [6.07, 6.45) is 1.04. The molecule has 0 bridgehead atoms. The third-order valence-electron chi connectivity index (χ3n) is 3.57. The maximum Gasteiger partial charge on any atom is 0.135 e. The SMILES string of the molecule is Cc1cc(C(C)(C)C)ccc1C1(C=O)COC1. The van der Waals surface area contributed by atoms with Crippen molar-refractivity contribution in [2.24, 2.45) is 0 Å². The zero-order chi connectivity index (χ0) is 12.7. The predicted octanol–water partition coefficient (Wildman–Crippen LogP) is 2.76. The first-order valence-electron chi connectivity index (χ1n) is 6.05. The second kappa shape index (κ2) is 3.95. The number of rotatable bonds is 2. The van der Waals surface area contributed by atoms with Gasteiger partial charge in [0.1, 0.15) is 6.29 Å². The molecule has 0 spiro atoms. The van der Waals surface area contributed by atoms with Crippen LogP contribution in [-0.4, -0.2) is 19.5 Å². The normalized spacial score (nSPS) is 18.6. The van der Waals surface area contributed by atoms with Crippen LogP contribution in [0.25, 0.3) is 0 Å². The Morgan fingerprint density at radius 2 is 1.94 bits per heavy atom. The van der Waals surface area contributed by atoms with Gasteiger partial charge in [0.2, 0.25) is 0 Å². The quantitative estimate of drug-likeness (QED) is 0.733. The standard InChI is InChI=1S/C15H20O2/c1-11-7-12(14(2,3)4)5-6-13(11)15(8-16)9-17-10-15/h5-8H,9-10H2,1-4H3. The highest BCUT2D eigenvalue weighted by molar-refractivity contribution is 5.71. The molecule has 0 radical (unpaired) electrons. The minimum absolute atomic E-state index is 0.147. The molecule has 0 atom stereocenters. The lowest BCUT2D eigenvalue weighted by Gasteiger charge is -2.38. The van der Waals surface area contributed by atoms with E-state index in [1.807, 2.05) is 0 Å². The molecule has 0 unspecified atom stereocenters. The summed E-state index contributed by atoms with van der Waals surface area (Å²) in [6.45, 7) is 9.71. The van der Waals surface area contributed by atoms with Gasteiger partial charge >= 0.3 is 0 Å². The van der Waals surface area contributed by atoms with Crippen LogP contribution >= 0.6 is 0 Å². The van der Waals surface area contributed by atoms with Crippen LogP contribution < -0.4 is 0 Å². The molecule has 1 aromatic carbocycles. The molecule has 0 aliphatic carbocycles. The number of aryl methyl sites for hydroxylation is 1. The van der Waals surface area contributed by atoms with Crippen molar-refractivity contribution in [1.82, 2.24) is 0 Å². The van der Waals surface area contributed by atoms with Crippen LogP contribution in [0.5, 0.6) is 0 Å². The lowest BCUT2D eigenvalue weighted by molar-refractivity contribution is -0.129. The zero-order valence-electron chi connectivity index (χ0n) is 11.0. The first-order valence-corrected chi connectivity index (χ1v) is 6.05. The van der Waals surface area contributed by atoms with Crippen molar-refractivity contribution in [2.75, 3.05) is 13.2 Å². The lowest BCUT2D eigenvalue weighted by atomic mass is 9.76. The Balaban J connectivity index is 2.42. The van der Waals surface area contributed by atoms with Crippen molar-refractivity contribution in [3.63, 3.8) is 0 Å². The Hall–Kier alpha value is -1.15. The van der Waals surface area contributed by atoms with E-state index in [4.69, 9.17) is 4.74 Å². The molecule has 1 saturated heterocycles. The van der Waals surface area contributed by atoms with E-state index in [9.17, 15) is 4.79 Å². The molecule has 2 rings (SSSR count). The van der Waals surface area contributed by atoms with Gasteiger partial charge in [-0.25, -0.2) is 0 Å². The van der Waals surface area contributed by atoms with Crippen LogP contribution in [-0.2, 0) is 20.4 Å². The monoisotopic (exact) mass is 232 g/mol. The number of hydrogen-bond donors (Lipinski definition) is 0. The van der Waals surface area contributed by atoms with Crippen molar-refractivity contribution < 1.29 is 9.53 Å². The van der Waals surface area contributed by atoms with Gasteiger partial charge in [-0.05, 0) is 29.0 Å². The smallest absolute Gasteiger partial charge is 0.135 e. The van der Waals surface area contributed by atoms with E-state index in [0.717, 1.165) is 11.8 Å². The molecule has 92 valence electrons. The van der Waals surface area contributed by atoms with Gasteiger partial charge in [-0.1, -0.05) is 39.0 Å². The zero-order valence-corrected chi connectivity index (χ0v) is 11.0. The van der Waals surface area contributed by atoms with Gasteiger partial charge in [0.15, 0.2) is 0 Å². The highest BCUT2D eigenvalue weighted by Gasteiger charge is 2.41. The summed E-state index contributed by atoms with van der Waals surface area (Å²) in [5, 5.41) is 0.